The largest absolute Gasteiger partial charge is 0.489 e. The summed E-state index contributed by atoms with van der Waals surface area (Å²) in [7, 11) is 0. The highest BCUT2D eigenvalue weighted by atomic mass is 35.5. The Morgan fingerprint density at radius 1 is 1.03 bits per heavy atom. The van der Waals surface area contributed by atoms with E-state index in [0.717, 1.165) is 16.7 Å². The van der Waals surface area contributed by atoms with Gasteiger partial charge in [-0.25, -0.2) is 9.79 Å². The molecular formula is C26H22ClNO3. The molecule has 0 amide bonds. The highest BCUT2D eigenvalue weighted by molar-refractivity contribution is 6.31. The third kappa shape index (κ3) is 5.04. The number of aliphatic imine (C=N–C) groups is 1. The topological polar surface area (TPSA) is 47.9 Å². The van der Waals surface area contributed by atoms with E-state index in [9.17, 15) is 4.79 Å². The highest BCUT2D eigenvalue weighted by Gasteiger charge is 2.24. The Balaban J connectivity index is 1.50. The van der Waals surface area contributed by atoms with Crippen molar-refractivity contribution in [2.24, 2.45) is 4.99 Å². The molecule has 0 aliphatic carbocycles. The number of hydrogen-bond donors (Lipinski definition) is 0. The number of nitrogens with zero attached hydrogens (tertiary/aromatic N) is 1. The number of ether oxygens (including phenoxy) is 2. The maximum atomic E-state index is 12.3. The average Bonchev–Trinajstić information content (AvgIpc) is 3.13. The van der Waals surface area contributed by atoms with Crippen LogP contribution in [0.2, 0.25) is 5.02 Å². The van der Waals surface area contributed by atoms with Gasteiger partial charge >= 0.3 is 5.97 Å². The van der Waals surface area contributed by atoms with Gasteiger partial charge < -0.3 is 9.47 Å². The first-order chi connectivity index (χ1) is 15.0. The standard InChI is InChI=1S/C26H22ClNO3/c1-17(2)19-10-12-20(13-11-19)25-28-24(26(29)31-25)15-18-6-5-8-22(14-18)30-16-21-7-3-4-9-23(21)27/h3-15,17H,16H2,1-2H3/b24-15-. The SMILES string of the molecule is CC(C)c1ccc(C2=N/C(=C\c3cccc(OCc4ccccc4Cl)c3)C(=O)O2)cc1. The van der Waals surface area contributed by atoms with E-state index in [-0.39, 0.29) is 5.70 Å². The van der Waals surface area contributed by atoms with Crippen molar-refractivity contribution in [2.75, 3.05) is 0 Å². The summed E-state index contributed by atoms with van der Waals surface area (Å²) in [6.45, 7) is 4.63. The molecule has 156 valence electrons. The van der Waals surface area contributed by atoms with Crippen molar-refractivity contribution >= 4 is 29.5 Å². The second kappa shape index (κ2) is 9.19. The van der Waals surface area contributed by atoms with Crippen LogP contribution in [-0.2, 0) is 16.1 Å². The van der Waals surface area contributed by atoms with Gasteiger partial charge in [0.05, 0.1) is 0 Å². The van der Waals surface area contributed by atoms with Crippen LogP contribution >= 0.6 is 11.6 Å². The predicted molar refractivity (Wildman–Crippen MR) is 123 cm³/mol. The van der Waals surface area contributed by atoms with E-state index in [1.54, 1.807) is 6.08 Å². The van der Waals surface area contributed by atoms with Gasteiger partial charge in [0.25, 0.3) is 0 Å². The third-order valence-corrected chi connectivity index (χ3v) is 5.33. The Labute approximate surface area is 186 Å². The quantitative estimate of drug-likeness (QED) is 0.335. The minimum absolute atomic E-state index is 0.256. The molecule has 0 saturated heterocycles. The third-order valence-electron chi connectivity index (χ3n) is 4.96. The summed E-state index contributed by atoms with van der Waals surface area (Å²) in [5.74, 6) is 0.960. The van der Waals surface area contributed by atoms with Gasteiger partial charge in [0.2, 0.25) is 5.90 Å². The second-order valence-corrected chi connectivity index (χ2v) is 7.97. The van der Waals surface area contributed by atoms with Crippen molar-refractivity contribution < 1.29 is 14.3 Å². The summed E-state index contributed by atoms with van der Waals surface area (Å²) in [5, 5.41) is 0.665. The lowest BCUT2D eigenvalue weighted by molar-refractivity contribution is -0.129. The fourth-order valence-electron chi connectivity index (χ4n) is 3.17. The first-order valence-corrected chi connectivity index (χ1v) is 10.5. The molecule has 0 aromatic heterocycles. The summed E-state index contributed by atoms with van der Waals surface area (Å²) in [6.07, 6.45) is 1.69. The van der Waals surface area contributed by atoms with Gasteiger partial charge in [-0.3, -0.25) is 0 Å². The van der Waals surface area contributed by atoms with Crippen LogP contribution in [0.15, 0.2) is 83.5 Å². The van der Waals surface area contributed by atoms with Crippen LogP contribution in [0.4, 0.5) is 0 Å². The molecule has 1 aliphatic rings. The van der Waals surface area contributed by atoms with Crippen LogP contribution in [0.3, 0.4) is 0 Å². The van der Waals surface area contributed by atoms with Crippen molar-refractivity contribution in [3.05, 3.63) is 106 Å². The first kappa shape index (κ1) is 20.9. The van der Waals surface area contributed by atoms with Gasteiger partial charge in [0.15, 0.2) is 5.70 Å². The molecule has 3 aromatic rings. The first-order valence-electron chi connectivity index (χ1n) is 10.1. The zero-order valence-corrected chi connectivity index (χ0v) is 18.1. The fraction of sp³-hybridized carbons (Fsp3) is 0.154. The van der Waals surface area contributed by atoms with Gasteiger partial charge in [0.1, 0.15) is 12.4 Å². The smallest absolute Gasteiger partial charge is 0.363 e. The van der Waals surface area contributed by atoms with E-state index >= 15 is 0 Å². The summed E-state index contributed by atoms with van der Waals surface area (Å²) < 4.78 is 11.2. The van der Waals surface area contributed by atoms with E-state index < -0.39 is 5.97 Å². The molecule has 0 bridgehead atoms. The second-order valence-electron chi connectivity index (χ2n) is 7.57. The van der Waals surface area contributed by atoms with Crippen molar-refractivity contribution in [3.63, 3.8) is 0 Å². The molecular weight excluding hydrogens is 410 g/mol. The molecule has 0 saturated carbocycles. The van der Waals surface area contributed by atoms with Gasteiger partial charge in [-0.2, -0.15) is 0 Å². The van der Waals surface area contributed by atoms with Gasteiger partial charge in [-0.15, -0.1) is 0 Å². The highest BCUT2D eigenvalue weighted by Crippen LogP contribution is 2.24. The van der Waals surface area contributed by atoms with Gasteiger partial charge in [-0.05, 0) is 53.5 Å². The average molecular weight is 432 g/mol. The van der Waals surface area contributed by atoms with E-state index in [1.165, 1.54) is 5.56 Å². The number of carbonyl (C=O) groups is 1. The minimum Gasteiger partial charge on any atom is -0.489 e. The molecule has 1 heterocycles. The minimum atomic E-state index is -0.467. The van der Waals surface area contributed by atoms with Crippen LogP contribution in [0.1, 0.15) is 42.0 Å². The van der Waals surface area contributed by atoms with Crippen molar-refractivity contribution in [1.82, 2.24) is 0 Å². The molecule has 4 rings (SSSR count). The van der Waals surface area contributed by atoms with Crippen LogP contribution in [0.5, 0.6) is 5.75 Å². The van der Waals surface area contributed by atoms with E-state index in [0.29, 0.717) is 29.2 Å². The predicted octanol–water partition coefficient (Wildman–Crippen LogP) is 6.39. The molecule has 0 spiro atoms. The number of esters is 1. The van der Waals surface area contributed by atoms with E-state index in [1.807, 2.05) is 72.8 Å². The van der Waals surface area contributed by atoms with Crippen molar-refractivity contribution in [2.45, 2.75) is 26.4 Å². The summed E-state index contributed by atoms with van der Waals surface area (Å²) >= 11 is 6.18. The zero-order valence-electron chi connectivity index (χ0n) is 17.3. The Morgan fingerprint density at radius 3 is 2.55 bits per heavy atom. The fourth-order valence-corrected chi connectivity index (χ4v) is 3.36. The lowest BCUT2D eigenvalue weighted by Crippen LogP contribution is -2.05. The van der Waals surface area contributed by atoms with Crippen LogP contribution < -0.4 is 4.74 Å². The maximum Gasteiger partial charge on any atom is 0.363 e. The van der Waals surface area contributed by atoms with Crippen LogP contribution in [0.25, 0.3) is 6.08 Å². The van der Waals surface area contributed by atoms with Crippen molar-refractivity contribution in [1.29, 1.82) is 0 Å². The Kier molecular flexibility index (Phi) is 6.19. The number of halogens is 1. The molecule has 0 atom stereocenters. The van der Waals surface area contributed by atoms with E-state index in [2.05, 4.69) is 18.8 Å². The molecule has 1 aliphatic heterocycles. The van der Waals surface area contributed by atoms with Gasteiger partial charge in [-0.1, -0.05) is 67.9 Å². The molecule has 5 heteroatoms. The molecule has 4 nitrogen and oxygen atoms in total. The Morgan fingerprint density at radius 2 is 1.81 bits per heavy atom. The van der Waals surface area contributed by atoms with Crippen LogP contribution in [0, 0.1) is 0 Å². The zero-order chi connectivity index (χ0) is 21.8. The van der Waals surface area contributed by atoms with Gasteiger partial charge in [0, 0.05) is 16.1 Å². The summed E-state index contributed by atoms with van der Waals surface area (Å²) in [5.41, 5.74) is 3.95. The Bertz CT molecular complexity index is 1160. The van der Waals surface area contributed by atoms with Crippen molar-refractivity contribution in [3.8, 4) is 5.75 Å². The normalized spacial score (nSPS) is 14.6. The lowest BCUT2D eigenvalue weighted by Gasteiger charge is -2.08. The number of rotatable bonds is 6. The Hall–Kier alpha value is -3.37. The number of cyclic esters (lactones) is 1. The molecule has 31 heavy (non-hydrogen) atoms. The summed E-state index contributed by atoms with van der Waals surface area (Å²) in [6, 6.07) is 22.9. The number of hydrogen-bond acceptors (Lipinski definition) is 4. The molecule has 0 N–H and O–H groups in total. The molecule has 0 fully saturated rings. The molecule has 0 radical (unpaired) electrons. The van der Waals surface area contributed by atoms with E-state index in [4.69, 9.17) is 21.1 Å². The summed E-state index contributed by atoms with van der Waals surface area (Å²) in [4.78, 5) is 16.7. The molecule has 0 unspecified atom stereocenters. The maximum absolute atomic E-state index is 12.3. The number of carbonyl (C=O) groups excluding carboxylic acids is 1. The number of benzene rings is 3. The lowest BCUT2D eigenvalue weighted by atomic mass is 10.0. The van der Waals surface area contributed by atoms with Crippen LogP contribution in [-0.4, -0.2) is 11.9 Å². The molecule has 3 aromatic carbocycles. The monoisotopic (exact) mass is 431 g/mol.